The third-order valence-electron chi connectivity index (χ3n) is 5.00. The predicted octanol–water partition coefficient (Wildman–Crippen LogP) is 4.11. The van der Waals surface area contributed by atoms with Crippen LogP contribution in [0, 0.1) is 0 Å². The standard InChI is InChI=1S/C21H27NO3/c1-5-17-14-25-13-15-8-6-7-9-18(15)19-11-21(24-4)20(23-3)10-16(19)12-22(17)2/h6-11,17H,5,12-14H2,1-4H3/t17-/m1/s1. The van der Waals surface area contributed by atoms with Crippen molar-refractivity contribution in [3.8, 4) is 22.6 Å². The van der Waals surface area contributed by atoms with E-state index in [0.717, 1.165) is 31.1 Å². The van der Waals surface area contributed by atoms with Crippen LogP contribution in [-0.2, 0) is 17.9 Å². The largest absolute Gasteiger partial charge is 0.493 e. The van der Waals surface area contributed by atoms with Crippen LogP contribution in [0.1, 0.15) is 24.5 Å². The molecule has 0 aromatic heterocycles. The second-order valence-corrected chi connectivity index (χ2v) is 6.51. The SMILES string of the molecule is CC[C@@H]1COCc2ccccc2-c2cc(OC)c(OC)cc2CN1C. The van der Waals surface area contributed by atoms with Crippen LogP contribution < -0.4 is 9.47 Å². The van der Waals surface area contributed by atoms with Crippen LogP contribution >= 0.6 is 0 Å². The van der Waals surface area contributed by atoms with Gasteiger partial charge in [-0.3, -0.25) is 4.90 Å². The van der Waals surface area contributed by atoms with E-state index in [1.165, 1.54) is 22.3 Å². The molecule has 0 saturated carbocycles. The number of methoxy groups -OCH3 is 2. The van der Waals surface area contributed by atoms with Crippen LogP contribution in [0.5, 0.6) is 11.5 Å². The van der Waals surface area contributed by atoms with E-state index in [-0.39, 0.29) is 0 Å². The summed E-state index contributed by atoms with van der Waals surface area (Å²) in [5.41, 5.74) is 4.82. The van der Waals surface area contributed by atoms with E-state index in [4.69, 9.17) is 14.2 Å². The highest BCUT2D eigenvalue weighted by molar-refractivity contribution is 5.74. The number of likely N-dealkylation sites (N-methyl/N-ethyl adjacent to an activating group) is 1. The van der Waals surface area contributed by atoms with Gasteiger partial charge in [-0.05, 0) is 47.9 Å². The van der Waals surface area contributed by atoms with Crippen molar-refractivity contribution in [3.05, 3.63) is 47.5 Å². The molecule has 2 aromatic rings. The van der Waals surface area contributed by atoms with Crippen LogP contribution in [0.25, 0.3) is 11.1 Å². The number of hydrogen-bond donors (Lipinski definition) is 0. The lowest BCUT2D eigenvalue weighted by atomic mass is 9.94. The highest BCUT2D eigenvalue weighted by atomic mass is 16.5. The number of hydrogen-bond acceptors (Lipinski definition) is 4. The molecule has 0 radical (unpaired) electrons. The van der Waals surface area contributed by atoms with Crippen molar-refractivity contribution >= 4 is 0 Å². The molecule has 25 heavy (non-hydrogen) atoms. The van der Waals surface area contributed by atoms with Crippen molar-refractivity contribution in [2.75, 3.05) is 27.9 Å². The van der Waals surface area contributed by atoms with Gasteiger partial charge >= 0.3 is 0 Å². The van der Waals surface area contributed by atoms with E-state index in [2.05, 4.69) is 55.3 Å². The van der Waals surface area contributed by atoms with Gasteiger partial charge in [-0.25, -0.2) is 0 Å². The molecule has 3 rings (SSSR count). The average molecular weight is 341 g/mol. The van der Waals surface area contributed by atoms with E-state index >= 15 is 0 Å². The zero-order valence-electron chi connectivity index (χ0n) is 15.5. The first kappa shape index (κ1) is 17.8. The molecule has 1 aliphatic heterocycles. The van der Waals surface area contributed by atoms with Crippen LogP contribution in [0.15, 0.2) is 36.4 Å². The molecule has 0 fully saturated rings. The minimum atomic E-state index is 0.395. The predicted molar refractivity (Wildman–Crippen MR) is 100 cm³/mol. The van der Waals surface area contributed by atoms with Gasteiger partial charge in [0.2, 0.25) is 0 Å². The summed E-state index contributed by atoms with van der Waals surface area (Å²) in [6, 6.07) is 13.0. The Morgan fingerprint density at radius 1 is 1.04 bits per heavy atom. The Labute approximate surface area is 150 Å². The fourth-order valence-electron chi connectivity index (χ4n) is 3.47. The molecule has 0 N–H and O–H groups in total. The first-order valence-electron chi connectivity index (χ1n) is 8.79. The fraction of sp³-hybridized carbons (Fsp3) is 0.429. The molecular formula is C21H27NO3. The summed E-state index contributed by atoms with van der Waals surface area (Å²) in [6.45, 7) is 4.41. The Balaban J connectivity index is 2.18. The first-order valence-corrected chi connectivity index (χ1v) is 8.79. The van der Waals surface area contributed by atoms with Gasteiger partial charge in [-0.2, -0.15) is 0 Å². The normalized spacial score (nSPS) is 18.2. The van der Waals surface area contributed by atoms with E-state index in [0.29, 0.717) is 12.6 Å². The Bertz CT molecular complexity index is 729. The molecule has 0 aliphatic carbocycles. The summed E-state index contributed by atoms with van der Waals surface area (Å²) in [6.07, 6.45) is 1.06. The van der Waals surface area contributed by atoms with E-state index in [1.54, 1.807) is 14.2 Å². The van der Waals surface area contributed by atoms with Gasteiger partial charge in [0.05, 0.1) is 27.4 Å². The molecule has 134 valence electrons. The van der Waals surface area contributed by atoms with Gasteiger partial charge in [-0.1, -0.05) is 31.2 Å². The van der Waals surface area contributed by atoms with Crippen molar-refractivity contribution in [3.63, 3.8) is 0 Å². The van der Waals surface area contributed by atoms with Crippen LogP contribution in [0.3, 0.4) is 0 Å². The van der Waals surface area contributed by atoms with Gasteiger partial charge in [0.1, 0.15) is 0 Å². The fourth-order valence-corrected chi connectivity index (χ4v) is 3.47. The minimum absolute atomic E-state index is 0.395. The number of nitrogens with zero attached hydrogens (tertiary/aromatic N) is 1. The van der Waals surface area contributed by atoms with Gasteiger partial charge in [0.25, 0.3) is 0 Å². The minimum Gasteiger partial charge on any atom is -0.493 e. The lowest BCUT2D eigenvalue weighted by Gasteiger charge is -2.30. The maximum Gasteiger partial charge on any atom is 0.161 e. The lowest BCUT2D eigenvalue weighted by molar-refractivity contribution is 0.0554. The van der Waals surface area contributed by atoms with Crippen molar-refractivity contribution in [1.82, 2.24) is 4.90 Å². The van der Waals surface area contributed by atoms with Crippen LogP contribution in [0.2, 0.25) is 0 Å². The quantitative estimate of drug-likeness (QED) is 0.841. The highest BCUT2D eigenvalue weighted by Gasteiger charge is 2.21. The van der Waals surface area contributed by atoms with Crippen molar-refractivity contribution in [2.24, 2.45) is 0 Å². The third-order valence-corrected chi connectivity index (χ3v) is 5.00. The maximum absolute atomic E-state index is 6.03. The Morgan fingerprint density at radius 3 is 2.48 bits per heavy atom. The zero-order chi connectivity index (χ0) is 17.8. The van der Waals surface area contributed by atoms with Gasteiger partial charge < -0.3 is 14.2 Å². The van der Waals surface area contributed by atoms with Crippen molar-refractivity contribution < 1.29 is 14.2 Å². The summed E-state index contributed by atoms with van der Waals surface area (Å²) in [5.74, 6) is 1.53. The molecule has 0 unspecified atom stereocenters. The summed E-state index contributed by atoms with van der Waals surface area (Å²) in [7, 11) is 5.52. The van der Waals surface area contributed by atoms with E-state index in [1.807, 2.05) is 0 Å². The van der Waals surface area contributed by atoms with Crippen LogP contribution in [0.4, 0.5) is 0 Å². The average Bonchev–Trinajstić information content (AvgIpc) is 2.64. The second kappa shape index (κ2) is 7.89. The molecule has 1 atom stereocenters. The maximum atomic E-state index is 6.03. The third kappa shape index (κ3) is 3.65. The second-order valence-electron chi connectivity index (χ2n) is 6.51. The number of ether oxygens (including phenoxy) is 3. The van der Waals surface area contributed by atoms with Crippen LogP contribution in [-0.4, -0.2) is 38.8 Å². The van der Waals surface area contributed by atoms with Gasteiger partial charge in [0.15, 0.2) is 11.5 Å². The van der Waals surface area contributed by atoms with E-state index < -0.39 is 0 Å². The molecule has 4 heteroatoms. The Hall–Kier alpha value is -2.04. The molecule has 4 nitrogen and oxygen atoms in total. The number of rotatable bonds is 3. The van der Waals surface area contributed by atoms with Gasteiger partial charge in [0, 0.05) is 12.6 Å². The number of benzene rings is 2. The summed E-state index contributed by atoms with van der Waals surface area (Å²) >= 11 is 0. The number of fused-ring (bicyclic) bond motifs is 3. The first-order chi connectivity index (χ1) is 12.2. The summed E-state index contributed by atoms with van der Waals surface area (Å²) in [4.78, 5) is 2.36. The Morgan fingerprint density at radius 2 is 1.76 bits per heavy atom. The molecule has 1 aliphatic rings. The highest BCUT2D eigenvalue weighted by Crippen LogP contribution is 2.38. The zero-order valence-corrected chi connectivity index (χ0v) is 15.5. The van der Waals surface area contributed by atoms with Crippen molar-refractivity contribution in [2.45, 2.75) is 32.5 Å². The summed E-state index contributed by atoms with van der Waals surface area (Å²) in [5, 5.41) is 0. The monoisotopic (exact) mass is 341 g/mol. The molecule has 2 aromatic carbocycles. The smallest absolute Gasteiger partial charge is 0.161 e. The van der Waals surface area contributed by atoms with E-state index in [9.17, 15) is 0 Å². The molecule has 0 spiro atoms. The topological polar surface area (TPSA) is 30.9 Å². The van der Waals surface area contributed by atoms with Gasteiger partial charge in [-0.15, -0.1) is 0 Å². The molecule has 0 amide bonds. The Kier molecular flexibility index (Phi) is 5.61. The molecular weight excluding hydrogens is 314 g/mol. The molecule has 1 heterocycles. The molecule has 0 bridgehead atoms. The lowest BCUT2D eigenvalue weighted by Crippen LogP contribution is -2.35. The summed E-state index contributed by atoms with van der Waals surface area (Å²) < 4.78 is 17.1. The molecule has 0 saturated heterocycles. The van der Waals surface area contributed by atoms with Crippen molar-refractivity contribution in [1.29, 1.82) is 0 Å².